The monoisotopic (exact) mass is 184 g/mol. The van der Waals surface area contributed by atoms with Crippen molar-refractivity contribution in [2.45, 2.75) is 18.9 Å². The molecule has 4 heteroatoms. The molecule has 0 unspecified atom stereocenters. The molecule has 4 nitrogen and oxygen atoms in total. The number of carbonyl (C=O) groups excluding carboxylic acids is 2. The number of methoxy groups -OCH3 is 1. The van der Waals surface area contributed by atoms with Crippen LogP contribution < -0.4 is 0 Å². The molecule has 1 aliphatic carbocycles. The van der Waals surface area contributed by atoms with Crippen molar-refractivity contribution < 1.29 is 19.1 Å². The molecule has 0 radical (unpaired) electrons. The Balaban J connectivity index is 2.13. The van der Waals surface area contributed by atoms with E-state index in [0.29, 0.717) is 18.9 Å². The molecule has 2 bridgehead atoms. The minimum atomic E-state index is -0.642. The van der Waals surface area contributed by atoms with E-state index in [2.05, 4.69) is 4.74 Å². The van der Waals surface area contributed by atoms with Crippen molar-refractivity contribution in [2.75, 3.05) is 13.7 Å². The van der Waals surface area contributed by atoms with E-state index in [0.717, 1.165) is 6.42 Å². The summed E-state index contributed by atoms with van der Waals surface area (Å²) in [7, 11) is 1.32. The molecule has 0 amide bonds. The number of ketones is 1. The van der Waals surface area contributed by atoms with Gasteiger partial charge in [0.15, 0.2) is 6.10 Å². The Morgan fingerprint density at radius 1 is 1.62 bits per heavy atom. The highest BCUT2D eigenvalue weighted by molar-refractivity contribution is 5.90. The van der Waals surface area contributed by atoms with Crippen LogP contribution in [0.15, 0.2) is 0 Å². The Morgan fingerprint density at radius 2 is 2.38 bits per heavy atom. The maximum atomic E-state index is 11.4. The van der Waals surface area contributed by atoms with E-state index in [1.54, 1.807) is 0 Å². The van der Waals surface area contributed by atoms with Gasteiger partial charge in [-0.2, -0.15) is 0 Å². The lowest BCUT2D eigenvalue weighted by atomic mass is 9.96. The molecule has 1 saturated heterocycles. The fraction of sp³-hybridized carbons (Fsp3) is 0.778. The van der Waals surface area contributed by atoms with Crippen LogP contribution in [0.2, 0.25) is 0 Å². The van der Waals surface area contributed by atoms with Gasteiger partial charge in [0.05, 0.1) is 19.6 Å². The second-order valence-electron chi connectivity index (χ2n) is 3.66. The summed E-state index contributed by atoms with van der Waals surface area (Å²) in [4.78, 5) is 22.6. The third-order valence-electron chi connectivity index (χ3n) is 2.80. The zero-order valence-corrected chi connectivity index (χ0v) is 7.49. The normalized spacial score (nSPS) is 37.6. The molecular formula is C9H12O4. The highest BCUT2D eigenvalue weighted by Crippen LogP contribution is 2.36. The Morgan fingerprint density at radius 3 is 3.08 bits per heavy atom. The van der Waals surface area contributed by atoms with E-state index < -0.39 is 12.1 Å². The summed E-state index contributed by atoms with van der Waals surface area (Å²) in [5.41, 5.74) is 0. The average molecular weight is 184 g/mol. The van der Waals surface area contributed by atoms with E-state index in [4.69, 9.17) is 4.74 Å². The van der Waals surface area contributed by atoms with E-state index in [1.165, 1.54) is 7.11 Å². The number of hydrogen-bond donors (Lipinski definition) is 0. The standard InChI is InChI=1S/C9H12O4/c1-12-9(11)8-6-2-5(4-13-8)3-7(6)10/h5-6,8H,2-4H2,1H3/t5-,6+,8+/m0/s1. The fourth-order valence-electron chi connectivity index (χ4n) is 2.13. The van der Waals surface area contributed by atoms with Crippen LogP contribution in [0, 0.1) is 11.8 Å². The van der Waals surface area contributed by atoms with Gasteiger partial charge in [0.2, 0.25) is 0 Å². The van der Waals surface area contributed by atoms with Crippen LogP contribution >= 0.6 is 0 Å². The molecule has 0 N–H and O–H groups in total. The van der Waals surface area contributed by atoms with Gasteiger partial charge in [0, 0.05) is 6.42 Å². The van der Waals surface area contributed by atoms with E-state index in [-0.39, 0.29) is 11.7 Å². The van der Waals surface area contributed by atoms with Crippen molar-refractivity contribution in [3.63, 3.8) is 0 Å². The van der Waals surface area contributed by atoms with Crippen molar-refractivity contribution in [3.05, 3.63) is 0 Å². The van der Waals surface area contributed by atoms with Gasteiger partial charge < -0.3 is 9.47 Å². The summed E-state index contributed by atoms with van der Waals surface area (Å²) >= 11 is 0. The molecule has 2 aliphatic rings. The van der Waals surface area contributed by atoms with Crippen molar-refractivity contribution in [2.24, 2.45) is 11.8 Å². The molecule has 1 aliphatic heterocycles. The fourth-order valence-corrected chi connectivity index (χ4v) is 2.13. The van der Waals surface area contributed by atoms with Gasteiger partial charge in [-0.05, 0) is 12.3 Å². The van der Waals surface area contributed by atoms with Crippen molar-refractivity contribution in [3.8, 4) is 0 Å². The summed E-state index contributed by atoms with van der Waals surface area (Å²) in [6.45, 7) is 0.516. The molecule has 0 spiro atoms. The topological polar surface area (TPSA) is 52.6 Å². The van der Waals surface area contributed by atoms with Gasteiger partial charge >= 0.3 is 5.97 Å². The van der Waals surface area contributed by atoms with Gasteiger partial charge in [-0.15, -0.1) is 0 Å². The largest absolute Gasteiger partial charge is 0.467 e. The first-order chi connectivity index (χ1) is 6.22. The maximum absolute atomic E-state index is 11.4. The lowest BCUT2D eigenvalue weighted by Gasteiger charge is -2.25. The number of fused-ring (bicyclic) bond motifs is 2. The van der Waals surface area contributed by atoms with E-state index >= 15 is 0 Å². The summed E-state index contributed by atoms with van der Waals surface area (Å²) in [6.07, 6.45) is 0.716. The maximum Gasteiger partial charge on any atom is 0.335 e. The smallest absolute Gasteiger partial charge is 0.335 e. The molecule has 2 fully saturated rings. The van der Waals surface area contributed by atoms with Gasteiger partial charge in [0.25, 0.3) is 0 Å². The van der Waals surface area contributed by atoms with Crippen molar-refractivity contribution in [1.29, 1.82) is 0 Å². The second kappa shape index (κ2) is 3.10. The number of esters is 1. The van der Waals surface area contributed by atoms with Crippen LogP contribution in [0.4, 0.5) is 0 Å². The van der Waals surface area contributed by atoms with Crippen LogP contribution in [0.25, 0.3) is 0 Å². The zero-order valence-electron chi connectivity index (χ0n) is 7.49. The summed E-state index contributed by atoms with van der Waals surface area (Å²) in [6, 6.07) is 0. The predicted octanol–water partition coefficient (Wildman–Crippen LogP) is 0.153. The summed E-state index contributed by atoms with van der Waals surface area (Å²) < 4.78 is 9.87. The molecular weight excluding hydrogens is 172 g/mol. The predicted molar refractivity (Wildman–Crippen MR) is 43.0 cm³/mol. The quantitative estimate of drug-likeness (QED) is 0.544. The Kier molecular flexibility index (Phi) is 2.07. The molecule has 0 aromatic carbocycles. The van der Waals surface area contributed by atoms with Crippen molar-refractivity contribution in [1.82, 2.24) is 0 Å². The minimum absolute atomic E-state index is 0.151. The first-order valence-corrected chi connectivity index (χ1v) is 4.44. The number of Topliss-reactive ketones (excluding diaryl/α,β-unsaturated/α-hetero) is 1. The van der Waals surface area contributed by atoms with Crippen LogP contribution in [0.3, 0.4) is 0 Å². The highest BCUT2D eigenvalue weighted by Gasteiger charge is 2.46. The molecule has 0 aromatic heterocycles. The van der Waals surface area contributed by atoms with Gasteiger partial charge in [0.1, 0.15) is 5.78 Å². The number of carbonyl (C=O) groups is 2. The molecule has 1 saturated carbocycles. The lowest BCUT2D eigenvalue weighted by Crippen LogP contribution is -2.38. The number of rotatable bonds is 1. The van der Waals surface area contributed by atoms with E-state index in [9.17, 15) is 9.59 Å². The van der Waals surface area contributed by atoms with Gasteiger partial charge in [-0.1, -0.05) is 0 Å². The van der Waals surface area contributed by atoms with E-state index in [1.807, 2.05) is 0 Å². The minimum Gasteiger partial charge on any atom is -0.467 e. The average Bonchev–Trinajstić information content (AvgIpc) is 2.42. The highest BCUT2D eigenvalue weighted by atomic mass is 16.6. The summed E-state index contributed by atoms with van der Waals surface area (Å²) in [5, 5.41) is 0. The Hall–Kier alpha value is -0.900. The van der Waals surface area contributed by atoms with Crippen LogP contribution in [-0.4, -0.2) is 31.6 Å². The Bertz CT molecular complexity index is 248. The molecule has 72 valence electrons. The van der Waals surface area contributed by atoms with Crippen LogP contribution in [-0.2, 0) is 19.1 Å². The lowest BCUT2D eigenvalue weighted by molar-refractivity contribution is -0.163. The van der Waals surface area contributed by atoms with Crippen LogP contribution in [0.1, 0.15) is 12.8 Å². The molecule has 13 heavy (non-hydrogen) atoms. The molecule has 1 heterocycles. The molecule has 3 atom stereocenters. The Labute approximate surface area is 76.2 Å². The van der Waals surface area contributed by atoms with Gasteiger partial charge in [-0.25, -0.2) is 4.79 Å². The van der Waals surface area contributed by atoms with Gasteiger partial charge in [-0.3, -0.25) is 4.79 Å². The third kappa shape index (κ3) is 1.35. The molecule has 0 aromatic rings. The third-order valence-corrected chi connectivity index (χ3v) is 2.80. The first kappa shape index (κ1) is 8.69. The van der Waals surface area contributed by atoms with Crippen LogP contribution in [0.5, 0.6) is 0 Å². The first-order valence-electron chi connectivity index (χ1n) is 4.44. The number of hydrogen-bond acceptors (Lipinski definition) is 4. The molecule has 2 rings (SSSR count). The SMILES string of the molecule is COC(=O)[C@@H]1OC[C@@H]2CC(=O)[C@H]1C2. The summed E-state index contributed by atoms with van der Waals surface area (Å²) in [5.74, 6) is -0.179. The van der Waals surface area contributed by atoms with Crippen molar-refractivity contribution >= 4 is 11.8 Å². The second-order valence-corrected chi connectivity index (χ2v) is 3.66. The zero-order chi connectivity index (χ0) is 9.42. The number of ether oxygens (including phenoxy) is 2.